The SMILES string of the molecule is CCCCCOC(C)CCC/C=C/c1cc(-c2ccc(-c3ccc(O)cc3F)cc2)ccn1. The third kappa shape index (κ3) is 7.83. The van der Waals surface area contributed by atoms with Crippen LogP contribution in [0, 0.1) is 5.82 Å². The van der Waals surface area contributed by atoms with Crippen LogP contribution >= 0.6 is 0 Å². The van der Waals surface area contributed by atoms with Crippen molar-refractivity contribution in [2.24, 2.45) is 0 Å². The Morgan fingerprint density at radius 2 is 1.76 bits per heavy atom. The molecule has 0 amide bonds. The number of phenolic OH excluding ortho intramolecular Hbond substituents is 1. The smallest absolute Gasteiger partial charge is 0.134 e. The van der Waals surface area contributed by atoms with E-state index in [2.05, 4.69) is 37.0 Å². The Bertz CT molecular complexity index is 1030. The van der Waals surface area contributed by atoms with E-state index in [0.717, 1.165) is 60.7 Å². The molecule has 0 bridgehead atoms. The summed E-state index contributed by atoms with van der Waals surface area (Å²) in [7, 11) is 0. The van der Waals surface area contributed by atoms with Gasteiger partial charge in [-0.25, -0.2) is 4.39 Å². The molecular formula is C29H34FNO2. The van der Waals surface area contributed by atoms with Crippen molar-refractivity contribution in [3.63, 3.8) is 0 Å². The van der Waals surface area contributed by atoms with Gasteiger partial charge in [-0.1, -0.05) is 50.1 Å². The lowest BCUT2D eigenvalue weighted by Crippen LogP contribution is -2.08. The Labute approximate surface area is 197 Å². The van der Waals surface area contributed by atoms with E-state index in [1.807, 2.05) is 36.5 Å². The third-order valence-corrected chi connectivity index (χ3v) is 5.68. The van der Waals surface area contributed by atoms with E-state index in [-0.39, 0.29) is 5.75 Å². The summed E-state index contributed by atoms with van der Waals surface area (Å²) in [6, 6.07) is 16.0. The van der Waals surface area contributed by atoms with E-state index < -0.39 is 5.82 Å². The predicted octanol–water partition coefficient (Wildman–Crippen LogP) is 8.04. The lowest BCUT2D eigenvalue weighted by molar-refractivity contribution is 0.0566. The van der Waals surface area contributed by atoms with Gasteiger partial charge in [-0.05, 0) is 79.6 Å². The predicted molar refractivity (Wildman–Crippen MR) is 135 cm³/mol. The normalized spacial score (nSPS) is 12.3. The number of phenols is 1. The van der Waals surface area contributed by atoms with Crippen molar-refractivity contribution in [2.45, 2.75) is 58.5 Å². The van der Waals surface area contributed by atoms with Gasteiger partial charge in [0.1, 0.15) is 11.6 Å². The average molecular weight is 448 g/mol. The number of aromatic nitrogens is 1. The first-order chi connectivity index (χ1) is 16.1. The van der Waals surface area contributed by atoms with E-state index in [4.69, 9.17) is 4.74 Å². The zero-order chi connectivity index (χ0) is 23.5. The molecule has 0 radical (unpaired) electrons. The molecule has 1 unspecified atom stereocenters. The summed E-state index contributed by atoms with van der Waals surface area (Å²) in [5.41, 5.74) is 4.28. The Morgan fingerprint density at radius 3 is 2.52 bits per heavy atom. The molecule has 3 aromatic rings. The Morgan fingerprint density at radius 1 is 0.970 bits per heavy atom. The number of hydrogen-bond donors (Lipinski definition) is 1. The lowest BCUT2D eigenvalue weighted by Gasteiger charge is -2.12. The molecule has 1 aromatic heterocycles. The minimum atomic E-state index is -0.434. The van der Waals surface area contributed by atoms with Gasteiger partial charge >= 0.3 is 0 Å². The quantitative estimate of drug-likeness (QED) is 0.286. The number of hydrogen-bond acceptors (Lipinski definition) is 3. The number of pyridine rings is 1. The molecule has 0 aliphatic carbocycles. The van der Waals surface area contributed by atoms with Crippen LogP contribution in [0.2, 0.25) is 0 Å². The standard InChI is InChI=1S/C29H34FNO2/c1-3-4-8-19-33-22(2)9-6-5-7-10-26-20-25(17-18-31-26)23-11-13-24(14-12-23)28-16-15-27(32)21-29(28)30/h7,10-18,20-22,32H,3-6,8-9,19H2,1-2H3/b10-7+. The van der Waals surface area contributed by atoms with Crippen LogP contribution in [0.1, 0.15) is 58.1 Å². The highest BCUT2D eigenvalue weighted by molar-refractivity contribution is 5.71. The minimum Gasteiger partial charge on any atom is -0.508 e. The Balaban J connectivity index is 1.53. The number of allylic oxidation sites excluding steroid dienone is 1. The van der Waals surface area contributed by atoms with Gasteiger partial charge in [0.15, 0.2) is 0 Å². The van der Waals surface area contributed by atoms with Crippen LogP contribution in [-0.2, 0) is 4.74 Å². The highest BCUT2D eigenvalue weighted by atomic mass is 19.1. The zero-order valence-electron chi connectivity index (χ0n) is 19.6. The Hall–Kier alpha value is -2.98. The van der Waals surface area contributed by atoms with Crippen molar-refractivity contribution in [3.8, 4) is 28.0 Å². The lowest BCUT2D eigenvalue weighted by atomic mass is 10.00. The molecular weight excluding hydrogens is 413 g/mol. The highest BCUT2D eigenvalue weighted by Gasteiger charge is 2.07. The Kier molecular flexibility index (Phi) is 9.64. The highest BCUT2D eigenvalue weighted by Crippen LogP contribution is 2.28. The second-order valence-corrected chi connectivity index (χ2v) is 8.43. The fourth-order valence-electron chi connectivity index (χ4n) is 3.75. The summed E-state index contributed by atoms with van der Waals surface area (Å²) in [5, 5.41) is 9.41. The van der Waals surface area contributed by atoms with Gasteiger partial charge in [-0.2, -0.15) is 0 Å². The van der Waals surface area contributed by atoms with Crippen molar-refractivity contribution >= 4 is 6.08 Å². The molecule has 2 aromatic carbocycles. The van der Waals surface area contributed by atoms with Gasteiger partial charge in [0.05, 0.1) is 11.8 Å². The molecule has 3 rings (SSSR count). The van der Waals surface area contributed by atoms with Gasteiger partial charge in [0.2, 0.25) is 0 Å². The zero-order valence-corrected chi connectivity index (χ0v) is 19.6. The molecule has 1 N–H and O–H groups in total. The molecule has 1 atom stereocenters. The average Bonchev–Trinajstić information content (AvgIpc) is 2.82. The van der Waals surface area contributed by atoms with Crippen LogP contribution in [0.15, 0.2) is 66.9 Å². The topological polar surface area (TPSA) is 42.4 Å². The van der Waals surface area contributed by atoms with E-state index in [9.17, 15) is 9.50 Å². The maximum absolute atomic E-state index is 14.1. The van der Waals surface area contributed by atoms with Crippen LogP contribution in [-0.4, -0.2) is 22.8 Å². The molecule has 0 fully saturated rings. The fourth-order valence-corrected chi connectivity index (χ4v) is 3.75. The largest absolute Gasteiger partial charge is 0.508 e. The monoisotopic (exact) mass is 447 g/mol. The van der Waals surface area contributed by atoms with Crippen LogP contribution < -0.4 is 0 Å². The molecule has 174 valence electrons. The molecule has 4 heteroatoms. The molecule has 0 spiro atoms. The van der Waals surface area contributed by atoms with E-state index >= 15 is 0 Å². The maximum atomic E-state index is 14.1. The van der Waals surface area contributed by atoms with Crippen molar-refractivity contribution < 1.29 is 14.2 Å². The number of nitrogens with zero attached hydrogens (tertiary/aromatic N) is 1. The van der Waals surface area contributed by atoms with E-state index in [0.29, 0.717) is 11.7 Å². The number of unbranched alkanes of at least 4 members (excludes halogenated alkanes) is 3. The second-order valence-electron chi connectivity index (χ2n) is 8.43. The molecule has 33 heavy (non-hydrogen) atoms. The molecule has 0 aliphatic rings. The maximum Gasteiger partial charge on any atom is 0.134 e. The first-order valence-corrected chi connectivity index (χ1v) is 11.9. The van der Waals surface area contributed by atoms with Crippen molar-refractivity contribution in [2.75, 3.05) is 6.61 Å². The first kappa shape index (κ1) is 24.7. The summed E-state index contributed by atoms with van der Waals surface area (Å²) in [4.78, 5) is 4.46. The van der Waals surface area contributed by atoms with Gasteiger partial charge in [-0.3, -0.25) is 4.98 Å². The number of ether oxygens (including phenoxy) is 1. The third-order valence-electron chi connectivity index (χ3n) is 5.68. The van der Waals surface area contributed by atoms with E-state index in [1.54, 1.807) is 6.07 Å². The van der Waals surface area contributed by atoms with Crippen molar-refractivity contribution in [1.29, 1.82) is 0 Å². The van der Waals surface area contributed by atoms with Crippen LogP contribution in [0.3, 0.4) is 0 Å². The fraction of sp³-hybridized carbons (Fsp3) is 0.345. The molecule has 1 heterocycles. The first-order valence-electron chi connectivity index (χ1n) is 11.9. The summed E-state index contributed by atoms with van der Waals surface area (Å²) < 4.78 is 20.0. The molecule has 3 nitrogen and oxygen atoms in total. The molecule has 0 saturated carbocycles. The van der Waals surface area contributed by atoms with Gasteiger partial charge < -0.3 is 9.84 Å². The molecule has 0 aliphatic heterocycles. The van der Waals surface area contributed by atoms with Gasteiger partial charge in [0, 0.05) is 24.4 Å². The number of aromatic hydroxyl groups is 1. The van der Waals surface area contributed by atoms with Crippen molar-refractivity contribution in [3.05, 3.63) is 78.4 Å². The van der Waals surface area contributed by atoms with Crippen LogP contribution in [0.4, 0.5) is 4.39 Å². The number of benzene rings is 2. The van der Waals surface area contributed by atoms with Crippen molar-refractivity contribution in [1.82, 2.24) is 4.98 Å². The minimum absolute atomic E-state index is 0.0736. The van der Waals surface area contributed by atoms with Crippen LogP contribution in [0.25, 0.3) is 28.3 Å². The van der Waals surface area contributed by atoms with E-state index in [1.165, 1.54) is 18.9 Å². The molecule has 0 saturated heterocycles. The second kappa shape index (κ2) is 12.9. The number of rotatable bonds is 12. The summed E-state index contributed by atoms with van der Waals surface area (Å²) in [6.45, 7) is 5.23. The number of halogens is 1. The van der Waals surface area contributed by atoms with Gasteiger partial charge in [0.25, 0.3) is 0 Å². The van der Waals surface area contributed by atoms with Crippen LogP contribution in [0.5, 0.6) is 5.75 Å². The summed E-state index contributed by atoms with van der Waals surface area (Å²) in [6.07, 6.45) is 13.2. The summed E-state index contributed by atoms with van der Waals surface area (Å²) in [5.74, 6) is -0.507. The van der Waals surface area contributed by atoms with Gasteiger partial charge in [-0.15, -0.1) is 0 Å². The summed E-state index contributed by atoms with van der Waals surface area (Å²) >= 11 is 0.